The Kier molecular flexibility index (Phi) is 1.77. The van der Waals surface area contributed by atoms with Gasteiger partial charge < -0.3 is 4.98 Å². The number of aromatic amines is 1. The van der Waals surface area contributed by atoms with Crippen molar-refractivity contribution in [2.24, 2.45) is 0 Å². The predicted molar refractivity (Wildman–Crippen MR) is 58.6 cm³/mol. The second-order valence-electron chi connectivity index (χ2n) is 3.68. The zero-order valence-electron chi connectivity index (χ0n) is 7.73. The number of H-pyrrole nitrogens is 1. The van der Waals surface area contributed by atoms with Crippen molar-refractivity contribution in [3.63, 3.8) is 0 Å². The summed E-state index contributed by atoms with van der Waals surface area (Å²) in [4.78, 5) is 14.4. The molecule has 0 amide bonds. The number of aromatic nitrogens is 1. The van der Waals surface area contributed by atoms with Crippen molar-refractivity contribution in [1.82, 2.24) is 4.98 Å². The van der Waals surface area contributed by atoms with Crippen molar-refractivity contribution in [3.05, 3.63) is 33.7 Å². The van der Waals surface area contributed by atoms with Crippen LogP contribution >= 0.6 is 15.9 Å². The number of halogens is 2. The predicted octanol–water partition coefficient (Wildman–Crippen LogP) is 3.20. The van der Waals surface area contributed by atoms with E-state index in [0.29, 0.717) is 24.1 Å². The Hall–Kier alpha value is -1.16. The van der Waals surface area contributed by atoms with Crippen molar-refractivity contribution in [1.29, 1.82) is 0 Å². The van der Waals surface area contributed by atoms with E-state index < -0.39 is 0 Å². The van der Waals surface area contributed by atoms with E-state index in [1.807, 2.05) is 0 Å². The quantitative estimate of drug-likeness (QED) is 0.781. The lowest BCUT2D eigenvalue weighted by Gasteiger charge is -1.98. The minimum absolute atomic E-state index is 0.0764. The molecule has 0 radical (unpaired) electrons. The summed E-state index contributed by atoms with van der Waals surface area (Å²) in [6.45, 7) is 0. The number of carbonyl (C=O) groups is 1. The lowest BCUT2D eigenvalue weighted by Crippen LogP contribution is -1.91. The SMILES string of the molecule is O=C1CCc2c1[nH]c1c(F)ccc(Br)c21. The van der Waals surface area contributed by atoms with Gasteiger partial charge in [-0.05, 0) is 24.1 Å². The molecule has 0 fully saturated rings. The highest BCUT2D eigenvalue weighted by molar-refractivity contribution is 9.10. The van der Waals surface area contributed by atoms with Gasteiger partial charge in [0.25, 0.3) is 0 Å². The molecular formula is C11H7BrFNO. The Morgan fingerprint density at radius 1 is 1.33 bits per heavy atom. The normalized spacial score (nSPS) is 14.9. The van der Waals surface area contributed by atoms with Gasteiger partial charge in [0, 0.05) is 16.3 Å². The van der Waals surface area contributed by atoms with Crippen molar-refractivity contribution in [2.45, 2.75) is 12.8 Å². The van der Waals surface area contributed by atoms with E-state index in [1.165, 1.54) is 6.07 Å². The topological polar surface area (TPSA) is 32.9 Å². The van der Waals surface area contributed by atoms with E-state index in [-0.39, 0.29) is 11.6 Å². The molecule has 0 saturated carbocycles. The van der Waals surface area contributed by atoms with Crippen molar-refractivity contribution in [2.75, 3.05) is 0 Å². The molecule has 0 atom stereocenters. The highest BCUT2D eigenvalue weighted by atomic mass is 79.9. The second-order valence-corrected chi connectivity index (χ2v) is 4.54. The molecule has 1 aliphatic carbocycles. The van der Waals surface area contributed by atoms with Gasteiger partial charge in [0.1, 0.15) is 5.82 Å². The first-order valence-corrected chi connectivity index (χ1v) is 5.49. The van der Waals surface area contributed by atoms with Crippen LogP contribution in [0.3, 0.4) is 0 Å². The van der Waals surface area contributed by atoms with Gasteiger partial charge in [0.05, 0.1) is 11.2 Å². The Balaban J connectivity index is 2.49. The van der Waals surface area contributed by atoms with Crippen LogP contribution in [0.4, 0.5) is 4.39 Å². The molecule has 0 spiro atoms. The first-order valence-electron chi connectivity index (χ1n) is 4.70. The van der Waals surface area contributed by atoms with E-state index in [4.69, 9.17) is 0 Å². The molecule has 0 bridgehead atoms. The molecule has 1 N–H and O–H groups in total. The smallest absolute Gasteiger partial charge is 0.179 e. The molecule has 76 valence electrons. The first-order chi connectivity index (χ1) is 7.18. The fraction of sp³-hybridized carbons (Fsp3) is 0.182. The van der Waals surface area contributed by atoms with E-state index in [2.05, 4.69) is 20.9 Å². The number of hydrogen-bond donors (Lipinski definition) is 1. The first kappa shape index (κ1) is 9.09. The van der Waals surface area contributed by atoms with Crippen molar-refractivity contribution in [3.8, 4) is 0 Å². The second kappa shape index (κ2) is 2.92. The fourth-order valence-electron chi connectivity index (χ4n) is 2.15. The molecule has 1 aliphatic rings. The van der Waals surface area contributed by atoms with Crippen LogP contribution in [0.1, 0.15) is 22.5 Å². The van der Waals surface area contributed by atoms with Gasteiger partial charge in [-0.15, -0.1) is 0 Å². The van der Waals surface area contributed by atoms with Crippen LogP contribution in [0.25, 0.3) is 10.9 Å². The summed E-state index contributed by atoms with van der Waals surface area (Å²) in [6, 6.07) is 3.07. The third-order valence-electron chi connectivity index (χ3n) is 2.84. The van der Waals surface area contributed by atoms with Crippen LogP contribution in [-0.2, 0) is 6.42 Å². The average molecular weight is 268 g/mol. The zero-order valence-corrected chi connectivity index (χ0v) is 9.32. The van der Waals surface area contributed by atoms with Gasteiger partial charge in [-0.25, -0.2) is 4.39 Å². The van der Waals surface area contributed by atoms with Gasteiger partial charge in [-0.3, -0.25) is 4.79 Å². The monoisotopic (exact) mass is 267 g/mol. The van der Waals surface area contributed by atoms with Crippen molar-refractivity contribution < 1.29 is 9.18 Å². The molecule has 0 saturated heterocycles. The Labute approximate surface area is 93.6 Å². The van der Waals surface area contributed by atoms with E-state index in [0.717, 1.165) is 15.4 Å². The third-order valence-corrected chi connectivity index (χ3v) is 3.50. The van der Waals surface area contributed by atoms with Crippen LogP contribution in [0.5, 0.6) is 0 Å². The number of Topliss-reactive ketones (excluding diaryl/α,β-unsaturated/α-hetero) is 1. The van der Waals surface area contributed by atoms with Crippen LogP contribution in [0.2, 0.25) is 0 Å². The lowest BCUT2D eigenvalue weighted by atomic mass is 10.1. The molecule has 2 aromatic rings. The summed E-state index contributed by atoms with van der Waals surface area (Å²) in [6.07, 6.45) is 1.23. The summed E-state index contributed by atoms with van der Waals surface area (Å²) >= 11 is 3.39. The number of fused-ring (bicyclic) bond motifs is 3. The maximum Gasteiger partial charge on any atom is 0.179 e. The van der Waals surface area contributed by atoms with Gasteiger partial charge in [-0.2, -0.15) is 0 Å². The molecule has 1 aromatic heterocycles. The summed E-state index contributed by atoms with van der Waals surface area (Å²) in [7, 11) is 0. The third kappa shape index (κ3) is 1.11. The molecular weight excluding hydrogens is 261 g/mol. The van der Waals surface area contributed by atoms with Crippen LogP contribution < -0.4 is 0 Å². The van der Waals surface area contributed by atoms with Gasteiger partial charge in [0.2, 0.25) is 0 Å². The number of nitrogens with one attached hydrogen (secondary N) is 1. The number of rotatable bonds is 0. The van der Waals surface area contributed by atoms with E-state index in [1.54, 1.807) is 6.07 Å². The molecule has 1 aromatic carbocycles. The highest BCUT2D eigenvalue weighted by Crippen LogP contribution is 2.35. The zero-order chi connectivity index (χ0) is 10.6. The van der Waals surface area contributed by atoms with Crippen LogP contribution in [0, 0.1) is 5.82 Å². The number of aryl methyl sites for hydroxylation is 1. The Morgan fingerprint density at radius 3 is 2.93 bits per heavy atom. The van der Waals surface area contributed by atoms with E-state index >= 15 is 0 Å². The summed E-state index contributed by atoms with van der Waals surface area (Å²) in [5, 5.41) is 0.816. The minimum atomic E-state index is -0.310. The van der Waals surface area contributed by atoms with Crippen LogP contribution in [-0.4, -0.2) is 10.8 Å². The molecule has 4 heteroatoms. The van der Waals surface area contributed by atoms with Gasteiger partial charge >= 0.3 is 0 Å². The molecule has 0 unspecified atom stereocenters. The summed E-state index contributed by atoms with van der Waals surface area (Å²) < 4.78 is 14.3. The lowest BCUT2D eigenvalue weighted by molar-refractivity contribution is 0.0991. The minimum Gasteiger partial charge on any atom is -0.349 e. The number of carbonyl (C=O) groups excluding carboxylic acids is 1. The summed E-state index contributed by atoms with van der Waals surface area (Å²) in [5.74, 6) is -0.233. The maximum absolute atomic E-state index is 13.5. The molecule has 1 heterocycles. The Morgan fingerprint density at radius 2 is 2.13 bits per heavy atom. The number of hydrogen-bond acceptors (Lipinski definition) is 1. The summed E-state index contributed by atoms with van der Waals surface area (Å²) in [5.41, 5.74) is 1.96. The highest BCUT2D eigenvalue weighted by Gasteiger charge is 2.26. The standard InChI is InChI=1S/C11H7BrFNO/c12-6-2-3-7(13)11-9(6)5-1-4-8(15)10(5)14-11/h2-3,14H,1,4H2. The fourth-order valence-corrected chi connectivity index (χ4v) is 2.72. The maximum atomic E-state index is 13.5. The largest absolute Gasteiger partial charge is 0.349 e. The van der Waals surface area contributed by atoms with E-state index in [9.17, 15) is 9.18 Å². The van der Waals surface area contributed by atoms with Crippen LogP contribution in [0.15, 0.2) is 16.6 Å². The Bertz CT molecular complexity index is 588. The van der Waals surface area contributed by atoms with Crippen molar-refractivity contribution >= 4 is 32.6 Å². The average Bonchev–Trinajstić information content (AvgIpc) is 2.74. The molecule has 2 nitrogen and oxygen atoms in total. The number of benzene rings is 1. The van der Waals surface area contributed by atoms with Gasteiger partial charge in [-0.1, -0.05) is 15.9 Å². The molecule has 15 heavy (non-hydrogen) atoms. The molecule has 0 aliphatic heterocycles. The number of ketones is 1. The van der Waals surface area contributed by atoms with Gasteiger partial charge in [0.15, 0.2) is 5.78 Å². The molecule has 3 rings (SSSR count).